The molecule has 0 saturated carbocycles. The number of hydrogen-bond donors (Lipinski definition) is 0. The lowest BCUT2D eigenvalue weighted by molar-refractivity contribution is -0.129. The molecule has 0 aliphatic carbocycles. The first-order chi connectivity index (χ1) is 11.8. The van der Waals surface area contributed by atoms with Gasteiger partial charge in [-0.15, -0.1) is 10.2 Å². The van der Waals surface area contributed by atoms with Gasteiger partial charge in [0, 0.05) is 19.3 Å². The predicted octanol–water partition coefficient (Wildman–Crippen LogP) is 3.19. The molecule has 1 fully saturated rings. The van der Waals surface area contributed by atoms with Gasteiger partial charge in [-0.05, 0) is 30.5 Å². The molecule has 1 atom stereocenters. The summed E-state index contributed by atoms with van der Waals surface area (Å²) in [5.41, 5.74) is 1.80. The predicted molar refractivity (Wildman–Crippen MR) is 93.8 cm³/mol. The molecule has 0 spiro atoms. The number of thioether (sulfide) groups is 1. The fourth-order valence-electron chi connectivity index (χ4n) is 3.00. The normalized spacial score (nSPS) is 15.8. The minimum atomic E-state index is -0.295. The van der Waals surface area contributed by atoms with Crippen LogP contribution >= 0.6 is 11.8 Å². The smallest absolute Gasteiger partial charge is 0.240 e. The highest BCUT2D eigenvalue weighted by molar-refractivity contribution is 8.00. The number of pyridine rings is 1. The zero-order chi connectivity index (χ0) is 16.4. The Balaban J connectivity index is 1.68. The van der Waals surface area contributed by atoms with Gasteiger partial charge in [0.05, 0.1) is 0 Å². The van der Waals surface area contributed by atoms with Crippen LogP contribution in [-0.4, -0.2) is 38.5 Å². The van der Waals surface area contributed by atoms with Gasteiger partial charge < -0.3 is 4.90 Å². The van der Waals surface area contributed by atoms with E-state index in [-0.39, 0.29) is 11.2 Å². The zero-order valence-electron chi connectivity index (χ0n) is 13.2. The Bertz CT molecular complexity index is 842. The van der Waals surface area contributed by atoms with Crippen LogP contribution in [0.25, 0.3) is 5.65 Å². The average Bonchev–Trinajstić information content (AvgIpc) is 3.30. The maximum absolute atomic E-state index is 13.1. The molecule has 1 saturated heterocycles. The molecule has 0 N–H and O–H groups in total. The van der Waals surface area contributed by atoms with Crippen molar-refractivity contribution >= 4 is 23.3 Å². The molecule has 3 heterocycles. The highest BCUT2D eigenvalue weighted by Gasteiger charge is 2.30. The van der Waals surface area contributed by atoms with Crippen molar-refractivity contribution in [1.82, 2.24) is 19.5 Å². The van der Waals surface area contributed by atoms with Gasteiger partial charge in [0.15, 0.2) is 10.8 Å². The first kappa shape index (κ1) is 15.2. The third kappa shape index (κ3) is 2.89. The fourth-order valence-corrected chi connectivity index (χ4v) is 4.11. The van der Waals surface area contributed by atoms with Gasteiger partial charge in [0.2, 0.25) is 5.91 Å². The number of nitrogens with zero attached hydrogens (tertiary/aromatic N) is 4. The molecule has 1 aliphatic rings. The van der Waals surface area contributed by atoms with E-state index in [1.165, 1.54) is 11.8 Å². The average molecular weight is 338 g/mol. The maximum Gasteiger partial charge on any atom is 0.240 e. The topological polar surface area (TPSA) is 50.5 Å². The van der Waals surface area contributed by atoms with Crippen LogP contribution in [0.2, 0.25) is 0 Å². The second kappa shape index (κ2) is 6.65. The van der Waals surface area contributed by atoms with Crippen LogP contribution in [0.4, 0.5) is 0 Å². The standard InChI is InChI=1S/C18H18N4OS/c23-17(21-11-6-7-12-21)16(14-8-2-1-3-9-14)24-18-20-19-15-10-4-5-13-22(15)18/h1-5,8-10,13,16H,6-7,11-12H2/t16-/m1/s1. The summed E-state index contributed by atoms with van der Waals surface area (Å²) >= 11 is 1.47. The Morgan fingerprint density at radius 2 is 1.75 bits per heavy atom. The molecular formula is C18H18N4OS. The summed E-state index contributed by atoms with van der Waals surface area (Å²) in [4.78, 5) is 15.0. The lowest BCUT2D eigenvalue weighted by atomic mass is 10.1. The van der Waals surface area contributed by atoms with Gasteiger partial charge >= 0.3 is 0 Å². The number of rotatable bonds is 4. The Kier molecular flexibility index (Phi) is 4.21. The lowest BCUT2D eigenvalue weighted by Gasteiger charge is -2.22. The minimum absolute atomic E-state index is 0.163. The first-order valence-electron chi connectivity index (χ1n) is 8.13. The second-order valence-corrected chi connectivity index (χ2v) is 6.92. The van der Waals surface area contributed by atoms with Crippen LogP contribution < -0.4 is 0 Å². The number of carbonyl (C=O) groups excluding carboxylic acids is 1. The van der Waals surface area contributed by atoms with Crippen molar-refractivity contribution in [3.8, 4) is 0 Å². The summed E-state index contributed by atoms with van der Waals surface area (Å²) in [7, 11) is 0. The van der Waals surface area contributed by atoms with Crippen molar-refractivity contribution in [2.45, 2.75) is 23.2 Å². The molecule has 0 radical (unpaired) electrons. The Hall–Kier alpha value is -2.34. The molecule has 6 heteroatoms. The summed E-state index contributed by atoms with van der Waals surface area (Å²) in [5, 5.41) is 8.91. The Morgan fingerprint density at radius 1 is 1.00 bits per heavy atom. The highest BCUT2D eigenvalue weighted by Crippen LogP contribution is 2.36. The van der Waals surface area contributed by atoms with E-state index in [0.717, 1.165) is 42.3 Å². The Labute approximate surface area is 144 Å². The molecule has 5 nitrogen and oxygen atoms in total. The summed E-state index contributed by atoms with van der Waals surface area (Å²) in [6.07, 6.45) is 4.11. The van der Waals surface area contributed by atoms with Crippen LogP contribution in [0, 0.1) is 0 Å². The lowest BCUT2D eigenvalue weighted by Crippen LogP contribution is -2.31. The van der Waals surface area contributed by atoms with Gasteiger partial charge in [0.25, 0.3) is 0 Å². The minimum Gasteiger partial charge on any atom is -0.341 e. The van der Waals surface area contributed by atoms with E-state index in [0.29, 0.717) is 0 Å². The van der Waals surface area contributed by atoms with Gasteiger partial charge in [0.1, 0.15) is 5.25 Å². The third-order valence-corrected chi connectivity index (χ3v) is 5.45. The number of fused-ring (bicyclic) bond motifs is 1. The second-order valence-electron chi connectivity index (χ2n) is 5.85. The van der Waals surface area contributed by atoms with E-state index in [1.54, 1.807) is 0 Å². The van der Waals surface area contributed by atoms with E-state index < -0.39 is 0 Å². The number of aromatic nitrogens is 3. The molecule has 1 aromatic carbocycles. The van der Waals surface area contributed by atoms with Gasteiger partial charge in [-0.1, -0.05) is 48.2 Å². The van der Waals surface area contributed by atoms with Crippen LogP contribution in [0.3, 0.4) is 0 Å². The number of carbonyl (C=O) groups is 1. The Morgan fingerprint density at radius 3 is 2.54 bits per heavy atom. The van der Waals surface area contributed by atoms with E-state index in [9.17, 15) is 4.79 Å². The number of likely N-dealkylation sites (tertiary alicyclic amines) is 1. The monoisotopic (exact) mass is 338 g/mol. The molecule has 122 valence electrons. The summed E-state index contributed by atoms with van der Waals surface area (Å²) in [5.74, 6) is 0.163. The molecule has 0 bridgehead atoms. The number of amides is 1. The van der Waals surface area contributed by atoms with Crippen LogP contribution in [0.15, 0.2) is 59.9 Å². The molecule has 4 rings (SSSR count). The van der Waals surface area contributed by atoms with Crippen molar-refractivity contribution in [2.24, 2.45) is 0 Å². The summed E-state index contributed by atoms with van der Waals surface area (Å²) in [6.45, 7) is 1.70. The van der Waals surface area contributed by atoms with Crippen molar-refractivity contribution in [1.29, 1.82) is 0 Å². The van der Waals surface area contributed by atoms with Gasteiger partial charge in [-0.25, -0.2) is 0 Å². The number of benzene rings is 1. The van der Waals surface area contributed by atoms with Crippen molar-refractivity contribution < 1.29 is 4.79 Å². The molecule has 2 aromatic heterocycles. The molecule has 0 unspecified atom stereocenters. The third-order valence-electron chi connectivity index (χ3n) is 4.25. The van der Waals surface area contributed by atoms with Crippen molar-refractivity contribution in [3.05, 3.63) is 60.3 Å². The summed E-state index contributed by atoms with van der Waals surface area (Å²) in [6, 6.07) is 15.7. The molecule has 24 heavy (non-hydrogen) atoms. The van der Waals surface area contributed by atoms with Crippen LogP contribution in [0.5, 0.6) is 0 Å². The molecule has 3 aromatic rings. The van der Waals surface area contributed by atoms with Gasteiger partial charge in [-0.2, -0.15) is 0 Å². The maximum atomic E-state index is 13.1. The molecular weight excluding hydrogens is 320 g/mol. The van der Waals surface area contributed by atoms with Crippen molar-refractivity contribution in [2.75, 3.05) is 13.1 Å². The first-order valence-corrected chi connectivity index (χ1v) is 9.01. The quantitative estimate of drug-likeness (QED) is 0.686. The van der Waals surface area contributed by atoms with Gasteiger partial charge in [-0.3, -0.25) is 9.20 Å². The molecule has 1 amide bonds. The summed E-state index contributed by atoms with van der Waals surface area (Å²) < 4.78 is 1.93. The van der Waals surface area contributed by atoms with Crippen LogP contribution in [0.1, 0.15) is 23.7 Å². The van der Waals surface area contributed by atoms with E-state index >= 15 is 0 Å². The SMILES string of the molecule is O=C([C@H](Sc1nnc2ccccn12)c1ccccc1)N1CCCC1. The largest absolute Gasteiger partial charge is 0.341 e. The fraction of sp³-hybridized carbons (Fsp3) is 0.278. The highest BCUT2D eigenvalue weighted by atomic mass is 32.2. The number of hydrogen-bond acceptors (Lipinski definition) is 4. The zero-order valence-corrected chi connectivity index (χ0v) is 14.0. The van der Waals surface area contributed by atoms with Crippen LogP contribution in [-0.2, 0) is 4.79 Å². The van der Waals surface area contributed by atoms with E-state index in [1.807, 2.05) is 64.0 Å². The van der Waals surface area contributed by atoms with E-state index in [4.69, 9.17) is 0 Å². The van der Waals surface area contributed by atoms with E-state index in [2.05, 4.69) is 10.2 Å². The van der Waals surface area contributed by atoms with Crippen molar-refractivity contribution in [3.63, 3.8) is 0 Å². The molecule has 1 aliphatic heterocycles.